The minimum absolute atomic E-state index is 0.0588. The van der Waals surface area contributed by atoms with E-state index in [9.17, 15) is 13.0 Å². The molecule has 1 N–H and O–H groups in total. The predicted molar refractivity (Wildman–Crippen MR) is 216 cm³/mol. The lowest BCUT2D eigenvalue weighted by Crippen LogP contribution is -2.26. The number of benzene rings is 3. The van der Waals surface area contributed by atoms with Crippen LogP contribution < -0.4 is 4.74 Å². The Balaban J connectivity index is 1.31. The van der Waals surface area contributed by atoms with Crippen LogP contribution in [0.1, 0.15) is 176 Å². The third-order valence-electron chi connectivity index (χ3n) is 12.3. The van der Waals surface area contributed by atoms with Crippen molar-refractivity contribution in [2.75, 3.05) is 0 Å². The molecule has 0 spiro atoms. The van der Waals surface area contributed by atoms with Gasteiger partial charge in [-0.15, -0.1) is 0 Å². The molecule has 0 bridgehead atoms. The molecule has 0 aromatic heterocycles. The van der Waals surface area contributed by atoms with Crippen LogP contribution in [-0.4, -0.2) is 23.8 Å². The Labute approximate surface area is 317 Å². The molecule has 4 aliphatic rings. The highest BCUT2D eigenvalue weighted by Crippen LogP contribution is 2.50. The van der Waals surface area contributed by atoms with Crippen molar-refractivity contribution in [3.8, 4) is 5.75 Å². The van der Waals surface area contributed by atoms with Gasteiger partial charge in [0.1, 0.15) is 21.5 Å². The topological polar surface area (TPSA) is 63.6 Å². The standard InChI is InChI=1S/C46H60O4S2/c1-46(2,3)50-44-28-27-40(51(38-23-12-6-13-24-38)39-25-14-7-15-26-39)32-41(44)35-21-16-22-36(29-35)43-31-37(33-17-8-4-9-18-33)30-42(45(43)52(47,48)49)34-19-10-5-11-20-34/h6-7,12-14,23-24,27-28,30-36,39H,4-5,8-11,15-22,25-26,29H2,1-3H3/p+1. The Morgan fingerprint density at radius 2 is 1.27 bits per heavy atom. The van der Waals surface area contributed by atoms with Crippen molar-refractivity contribution in [1.82, 2.24) is 0 Å². The minimum Gasteiger partial charge on any atom is -0.488 e. The van der Waals surface area contributed by atoms with E-state index in [4.69, 9.17) is 4.74 Å². The Morgan fingerprint density at radius 1 is 0.654 bits per heavy atom. The first-order chi connectivity index (χ1) is 25.0. The largest absolute Gasteiger partial charge is 0.488 e. The molecule has 0 saturated heterocycles. The number of ether oxygens (including phenoxy) is 1. The molecule has 52 heavy (non-hydrogen) atoms. The number of hydrogen-bond donors (Lipinski definition) is 1. The number of allylic oxidation sites excluding steroid dienone is 2. The van der Waals surface area contributed by atoms with E-state index in [1.54, 1.807) is 0 Å². The zero-order valence-corrected chi connectivity index (χ0v) is 33.5. The fourth-order valence-corrected chi connectivity index (χ4v) is 13.6. The Bertz CT molecular complexity index is 1800. The molecular formula is C46H61O4S2+. The van der Waals surface area contributed by atoms with Crippen LogP contribution in [-0.2, 0) is 21.0 Å². The molecule has 3 aromatic rings. The first-order valence-corrected chi connectivity index (χ1v) is 23.2. The minimum atomic E-state index is -4.41. The van der Waals surface area contributed by atoms with Gasteiger partial charge < -0.3 is 4.74 Å². The lowest BCUT2D eigenvalue weighted by atomic mass is 9.72. The van der Waals surface area contributed by atoms with Crippen molar-refractivity contribution in [1.29, 1.82) is 0 Å². The molecule has 3 aromatic carbocycles. The smallest absolute Gasteiger partial charge is 0.295 e. The molecule has 3 saturated carbocycles. The molecule has 280 valence electrons. The van der Waals surface area contributed by atoms with E-state index < -0.39 is 10.1 Å². The van der Waals surface area contributed by atoms with Gasteiger partial charge in [0, 0.05) is 18.1 Å². The van der Waals surface area contributed by atoms with Gasteiger partial charge in [0.05, 0.1) is 10.9 Å². The van der Waals surface area contributed by atoms with Gasteiger partial charge in [0.25, 0.3) is 10.1 Å². The lowest BCUT2D eigenvalue weighted by molar-refractivity contribution is 0.128. The molecule has 4 aliphatic carbocycles. The van der Waals surface area contributed by atoms with Crippen molar-refractivity contribution < 1.29 is 17.7 Å². The molecule has 0 heterocycles. The predicted octanol–water partition coefficient (Wildman–Crippen LogP) is 12.8. The summed E-state index contributed by atoms with van der Waals surface area (Å²) in [7, 11) is -4.49. The first-order valence-electron chi connectivity index (χ1n) is 20.5. The van der Waals surface area contributed by atoms with Crippen LogP contribution in [0, 0.1) is 0 Å². The molecule has 7 rings (SSSR count). The van der Waals surface area contributed by atoms with Crippen LogP contribution >= 0.6 is 0 Å². The van der Waals surface area contributed by atoms with E-state index in [0.29, 0.717) is 11.2 Å². The molecule has 4 nitrogen and oxygen atoms in total. The van der Waals surface area contributed by atoms with Crippen molar-refractivity contribution >= 4 is 21.0 Å². The normalized spacial score (nSPS) is 24.4. The van der Waals surface area contributed by atoms with E-state index in [-0.39, 0.29) is 39.1 Å². The molecule has 3 fully saturated rings. The van der Waals surface area contributed by atoms with Crippen molar-refractivity contribution in [2.45, 2.75) is 179 Å². The Hall–Kier alpha value is -2.54. The molecule has 0 amide bonds. The van der Waals surface area contributed by atoms with Crippen LogP contribution in [0.25, 0.3) is 0 Å². The summed E-state index contributed by atoms with van der Waals surface area (Å²) in [6, 6.07) is 22.6. The van der Waals surface area contributed by atoms with Crippen molar-refractivity contribution in [2.24, 2.45) is 0 Å². The maximum absolute atomic E-state index is 13.5. The summed E-state index contributed by atoms with van der Waals surface area (Å²) >= 11 is 0. The summed E-state index contributed by atoms with van der Waals surface area (Å²) < 4.78 is 44.9. The second-order valence-electron chi connectivity index (χ2n) is 17.2. The second kappa shape index (κ2) is 16.4. The van der Waals surface area contributed by atoms with E-state index >= 15 is 0 Å². The Morgan fingerprint density at radius 3 is 1.88 bits per heavy atom. The summed E-state index contributed by atoms with van der Waals surface area (Å²) in [5, 5.41) is 0.562. The monoisotopic (exact) mass is 741 g/mol. The zero-order chi connectivity index (χ0) is 36.3. The summed E-state index contributed by atoms with van der Waals surface area (Å²) in [4.78, 5) is 3.02. The maximum Gasteiger partial charge on any atom is 0.295 e. The van der Waals surface area contributed by atoms with Gasteiger partial charge in [0.15, 0.2) is 9.79 Å². The molecule has 4 unspecified atom stereocenters. The van der Waals surface area contributed by atoms with Gasteiger partial charge in [-0.05, 0) is 143 Å². The summed E-state index contributed by atoms with van der Waals surface area (Å²) in [5.74, 6) is 1.91. The van der Waals surface area contributed by atoms with Gasteiger partial charge in [-0.3, -0.25) is 4.55 Å². The average molecular weight is 742 g/mol. The summed E-state index contributed by atoms with van der Waals surface area (Å²) in [6.45, 7) is 6.37. The van der Waals surface area contributed by atoms with Crippen LogP contribution in [0.5, 0.6) is 5.75 Å². The van der Waals surface area contributed by atoms with E-state index in [2.05, 4.69) is 93.6 Å². The van der Waals surface area contributed by atoms with Crippen LogP contribution in [0.15, 0.2) is 87.5 Å². The summed E-state index contributed by atoms with van der Waals surface area (Å²) in [6.07, 6.45) is 23.5. The number of hydrogen-bond acceptors (Lipinski definition) is 3. The SMILES string of the molecule is CC(C)(C)Oc1ccc([S+](c2ccccc2)C2CC=CCC2)cc1C1CCCC(c2cc(C3CCCCC3)cc(C3CCCCC3)c2S(=O)(=O)O)C1. The molecule has 6 heteroatoms. The average Bonchev–Trinajstić information content (AvgIpc) is 3.15. The third-order valence-corrected chi connectivity index (χ3v) is 15.9. The quantitative estimate of drug-likeness (QED) is 0.135. The van der Waals surface area contributed by atoms with Crippen molar-refractivity contribution in [3.05, 3.63) is 95.1 Å². The first kappa shape index (κ1) is 37.8. The Kier molecular flexibility index (Phi) is 11.9. The second-order valence-corrected chi connectivity index (χ2v) is 20.8. The van der Waals surface area contributed by atoms with Gasteiger partial charge >= 0.3 is 0 Å². The summed E-state index contributed by atoms with van der Waals surface area (Å²) in [5.41, 5.74) is 4.04. The van der Waals surface area contributed by atoms with Gasteiger partial charge in [-0.25, -0.2) is 0 Å². The number of rotatable bonds is 9. The van der Waals surface area contributed by atoms with Crippen LogP contribution in [0.4, 0.5) is 0 Å². The van der Waals surface area contributed by atoms with E-state index in [0.717, 1.165) is 81.1 Å². The highest BCUT2D eigenvalue weighted by atomic mass is 32.2. The van der Waals surface area contributed by atoms with Gasteiger partial charge in [-0.2, -0.15) is 8.42 Å². The van der Waals surface area contributed by atoms with Crippen molar-refractivity contribution in [3.63, 3.8) is 0 Å². The highest BCUT2D eigenvalue weighted by molar-refractivity contribution is 7.97. The fourth-order valence-electron chi connectivity index (χ4n) is 9.92. The van der Waals surface area contributed by atoms with Crippen LogP contribution in [0.3, 0.4) is 0 Å². The molecule has 0 radical (unpaired) electrons. The maximum atomic E-state index is 13.5. The van der Waals surface area contributed by atoms with Gasteiger partial charge in [0.2, 0.25) is 0 Å². The van der Waals surface area contributed by atoms with E-state index in [1.165, 1.54) is 65.9 Å². The molecule has 4 atom stereocenters. The lowest BCUT2D eigenvalue weighted by Gasteiger charge is -2.35. The highest BCUT2D eigenvalue weighted by Gasteiger charge is 2.39. The van der Waals surface area contributed by atoms with Crippen LogP contribution in [0.2, 0.25) is 0 Å². The molecule has 0 aliphatic heterocycles. The molecular weight excluding hydrogens is 681 g/mol. The third kappa shape index (κ3) is 8.87. The van der Waals surface area contributed by atoms with E-state index in [1.807, 2.05) is 0 Å². The van der Waals surface area contributed by atoms with Gasteiger partial charge in [-0.1, -0.05) is 87.4 Å². The zero-order valence-electron chi connectivity index (χ0n) is 31.8. The fraction of sp³-hybridized carbons (Fsp3) is 0.565.